The molecule has 0 aliphatic carbocycles. The van der Waals surface area contributed by atoms with Gasteiger partial charge >= 0.3 is 0 Å². The molecule has 2 rings (SSSR count). The Morgan fingerprint density at radius 3 is 2.29 bits per heavy atom. The Morgan fingerprint density at radius 1 is 1.10 bits per heavy atom. The van der Waals surface area contributed by atoms with Crippen LogP contribution in [0.1, 0.15) is 24.1 Å². The lowest BCUT2D eigenvalue weighted by molar-refractivity contribution is 0.398. The van der Waals surface area contributed by atoms with E-state index in [0.29, 0.717) is 16.1 Å². The Balaban J connectivity index is 2.39. The van der Waals surface area contributed by atoms with E-state index < -0.39 is 10.0 Å². The minimum absolute atomic E-state index is 0.242. The van der Waals surface area contributed by atoms with Crippen LogP contribution in [-0.4, -0.2) is 19.8 Å². The van der Waals surface area contributed by atoms with Crippen LogP contribution >= 0.6 is 0 Å². The third-order valence-corrected chi connectivity index (χ3v) is 5.77. The lowest BCUT2D eigenvalue weighted by Gasteiger charge is -2.25. The fraction of sp³-hybridized carbons (Fsp3) is 0.250. The molecule has 0 fully saturated rings. The summed E-state index contributed by atoms with van der Waals surface area (Å²) in [5.74, 6) is 0. The summed E-state index contributed by atoms with van der Waals surface area (Å²) >= 11 is 0. The Hall–Kier alpha value is -1.85. The van der Waals surface area contributed by atoms with Crippen LogP contribution in [0.5, 0.6) is 0 Å². The smallest absolute Gasteiger partial charge is 0.243 e. The van der Waals surface area contributed by atoms with Gasteiger partial charge in [-0.2, -0.15) is 4.31 Å². The quantitative estimate of drug-likeness (QED) is 0.883. The largest absolute Gasteiger partial charge is 0.399 e. The third kappa shape index (κ3) is 3.09. The highest BCUT2D eigenvalue weighted by Crippen LogP contribution is 2.27. The van der Waals surface area contributed by atoms with Crippen molar-refractivity contribution in [2.75, 3.05) is 12.8 Å². The van der Waals surface area contributed by atoms with Crippen molar-refractivity contribution < 1.29 is 8.42 Å². The molecule has 0 spiro atoms. The van der Waals surface area contributed by atoms with Gasteiger partial charge in [0.1, 0.15) is 0 Å². The van der Waals surface area contributed by atoms with Crippen molar-refractivity contribution in [3.63, 3.8) is 0 Å². The second kappa shape index (κ2) is 5.87. The molecule has 2 aromatic rings. The molecule has 2 N–H and O–H groups in total. The highest BCUT2D eigenvalue weighted by Gasteiger charge is 2.27. The molecule has 0 aliphatic rings. The number of nitrogens with zero attached hydrogens (tertiary/aromatic N) is 1. The Bertz CT molecular complexity index is 727. The Labute approximate surface area is 126 Å². The molecule has 0 amide bonds. The average Bonchev–Trinajstić information content (AvgIpc) is 2.46. The van der Waals surface area contributed by atoms with E-state index >= 15 is 0 Å². The fourth-order valence-electron chi connectivity index (χ4n) is 2.27. The second-order valence-corrected chi connectivity index (χ2v) is 7.10. The molecule has 0 heterocycles. The van der Waals surface area contributed by atoms with Crippen LogP contribution in [0.2, 0.25) is 0 Å². The van der Waals surface area contributed by atoms with E-state index in [1.807, 2.05) is 37.3 Å². The van der Waals surface area contributed by atoms with Crippen LogP contribution in [0.4, 0.5) is 5.69 Å². The summed E-state index contributed by atoms with van der Waals surface area (Å²) in [5.41, 5.74) is 7.86. The van der Waals surface area contributed by atoms with Gasteiger partial charge in [-0.1, -0.05) is 30.3 Å². The number of sulfonamides is 1. The molecule has 0 aromatic heterocycles. The zero-order valence-corrected chi connectivity index (χ0v) is 13.3. The van der Waals surface area contributed by atoms with Crippen molar-refractivity contribution in [1.29, 1.82) is 0 Å². The van der Waals surface area contributed by atoms with E-state index in [0.717, 1.165) is 5.56 Å². The van der Waals surface area contributed by atoms with Crippen LogP contribution in [-0.2, 0) is 10.0 Å². The summed E-state index contributed by atoms with van der Waals surface area (Å²) < 4.78 is 26.9. The van der Waals surface area contributed by atoms with Crippen molar-refractivity contribution in [2.45, 2.75) is 24.8 Å². The van der Waals surface area contributed by atoms with Crippen LogP contribution < -0.4 is 5.73 Å². The molecule has 1 unspecified atom stereocenters. The first-order chi connectivity index (χ1) is 9.84. The summed E-state index contributed by atoms with van der Waals surface area (Å²) in [5, 5.41) is 0. The normalized spacial score (nSPS) is 13.3. The van der Waals surface area contributed by atoms with Gasteiger partial charge in [0.25, 0.3) is 0 Å². The highest BCUT2D eigenvalue weighted by molar-refractivity contribution is 7.89. The minimum Gasteiger partial charge on any atom is -0.399 e. The molecular weight excluding hydrogens is 284 g/mol. The number of rotatable bonds is 4. The van der Waals surface area contributed by atoms with Gasteiger partial charge in [0.2, 0.25) is 10.0 Å². The standard InChI is InChI=1S/C16H20N2O2S/c1-12-11-15(17)9-10-16(12)21(19,20)18(3)13(2)14-7-5-4-6-8-14/h4-11,13H,17H2,1-3H3. The summed E-state index contributed by atoms with van der Waals surface area (Å²) in [6.07, 6.45) is 0. The third-order valence-electron chi connectivity index (χ3n) is 3.68. The Morgan fingerprint density at radius 2 is 1.71 bits per heavy atom. The van der Waals surface area contributed by atoms with E-state index in [9.17, 15) is 8.42 Å². The first kappa shape index (κ1) is 15.5. The molecule has 1 atom stereocenters. The Kier molecular flexibility index (Phi) is 4.34. The molecule has 4 nitrogen and oxygen atoms in total. The number of aryl methyl sites for hydroxylation is 1. The first-order valence-corrected chi connectivity index (χ1v) is 8.17. The predicted octanol–water partition coefficient (Wildman–Crippen LogP) is 2.96. The van der Waals surface area contributed by atoms with Crippen molar-refractivity contribution in [2.24, 2.45) is 0 Å². The lowest BCUT2D eigenvalue weighted by atomic mass is 10.1. The SMILES string of the molecule is Cc1cc(N)ccc1S(=O)(=O)N(C)C(C)c1ccccc1. The number of nitrogen functional groups attached to an aromatic ring is 1. The molecule has 21 heavy (non-hydrogen) atoms. The van der Waals surface area contributed by atoms with Crippen LogP contribution in [0.25, 0.3) is 0 Å². The topological polar surface area (TPSA) is 63.4 Å². The summed E-state index contributed by atoms with van der Waals surface area (Å²) in [6.45, 7) is 3.63. The summed E-state index contributed by atoms with van der Waals surface area (Å²) in [7, 11) is -1.96. The zero-order chi connectivity index (χ0) is 15.6. The maximum absolute atomic E-state index is 12.8. The first-order valence-electron chi connectivity index (χ1n) is 6.73. The van der Waals surface area contributed by atoms with E-state index in [4.69, 9.17) is 5.73 Å². The van der Waals surface area contributed by atoms with Gasteiger partial charge in [0, 0.05) is 18.8 Å². The van der Waals surface area contributed by atoms with E-state index in [2.05, 4.69) is 0 Å². The van der Waals surface area contributed by atoms with Crippen LogP contribution in [0, 0.1) is 6.92 Å². The van der Waals surface area contributed by atoms with Gasteiger partial charge in [-0.25, -0.2) is 8.42 Å². The van der Waals surface area contributed by atoms with Gasteiger partial charge in [-0.3, -0.25) is 0 Å². The average molecular weight is 304 g/mol. The molecule has 0 aliphatic heterocycles. The molecule has 0 bridgehead atoms. The molecule has 0 radical (unpaired) electrons. The second-order valence-electron chi connectivity index (χ2n) is 5.13. The van der Waals surface area contributed by atoms with Gasteiger partial charge in [0.05, 0.1) is 4.90 Å². The molecule has 0 saturated carbocycles. The number of hydrogen-bond acceptors (Lipinski definition) is 3. The van der Waals surface area contributed by atoms with Crippen molar-refractivity contribution in [1.82, 2.24) is 4.31 Å². The van der Waals surface area contributed by atoms with E-state index in [1.165, 1.54) is 4.31 Å². The zero-order valence-electron chi connectivity index (χ0n) is 12.4. The maximum atomic E-state index is 12.8. The number of anilines is 1. The number of nitrogens with two attached hydrogens (primary N) is 1. The van der Waals surface area contributed by atoms with Gasteiger partial charge in [-0.15, -0.1) is 0 Å². The van der Waals surface area contributed by atoms with Crippen LogP contribution in [0.15, 0.2) is 53.4 Å². The van der Waals surface area contributed by atoms with Crippen molar-refractivity contribution >= 4 is 15.7 Å². The summed E-state index contributed by atoms with van der Waals surface area (Å²) in [4.78, 5) is 0.294. The number of benzene rings is 2. The monoisotopic (exact) mass is 304 g/mol. The van der Waals surface area contributed by atoms with E-state index in [-0.39, 0.29) is 6.04 Å². The van der Waals surface area contributed by atoms with Gasteiger partial charge in [-0.05, 0) is 43.2 Å². The molecule has 2 aromatic carbocycles. The molecule has 112 valence electrons. The summed E-state index contributed by atoms with van der Waals surface area (Å²) in [6, 6.07) is 14.2. The predicted molar refractivity (Wildman–Crippen MR) is 85.4 cm³/mol. The van der Waals surface area contributed by atoms with Gasteiger partial charge in [0.15, 0.2) is 0 Å². The van der Waals surface area contributed by atoms with Gasteiger partial charge < -0.3 is 5.73 Å². The molecule has 0 saturated heterocycles. The van der Waals surface area contributed by atoms with Crippen molar-refractivity contribution in [3.8, 4) is 0 Å². The molecular formula is C16H20N2O2S. The lowest BCUT2D eigenvalue weighted by Crippen LogP contribution is -2.30. The fourth-order valence-corrected chi connectivity index (χ4v) is 3.82. The maximum Gasteiger partial charge on any atom is 0.243 e. The van der Waals surface area contributed by atoms with Crippen molar-refractivity contribution in [3.05, 3.63) is 59.7 Å². The van der Waals surface area contributed by atoms with Crippen LogP contribution in [0.3, 0.4) is 0 Å². The minimum atomic E-state index is -3.56. The van der Waals surface area contributed by atoms with E-state index in [1.54, 1.807) is 32.2 Å². The number of hydrogen-bond donors (Lipinski definition) is 1. The molecule has 5 heteroatoms. The highest BCUT2D eigenvalue weighted by atomic mass is 32.2.